The Balaban J connectivity index is 1.41. The molecule has 0 aliphatic carbocycles. The van der Waals surface area contributed by atoms with Gasteiger partial charge in [0.15, 0.2) is 0 Å². The standard InChI is InChI=1S/C24H36N6O3/c1-24(2,3)33-23(31)30-9-7-16(8-10-30)17-11-21(32-6)20(14-25-17)29(5)22-12-19-18(13-26-22)27-15-28(19)4/h11-13,15-16,20-21,25H,7-10,14H2,1-6H3/t20?,21-/m0/s1. The fourth-order valence-corrected chi connectivity index (χ4v) is 4.63. The van der Waals surface area contributed by atoms with E-state index in [2.05, 4.69) is 39.4 Å². The van der Waals surface area contributed by atoms with Gasteiger partial charge < -0.3 is 29.2 Å². The molecule has 0 bridgehead atoms. The van der Waals surface area contributed by atoms with E-state index in [0.717, 1.165) is 36.2 Å². The highest BCUT2D eigenvalue weighted by Gasteiger charge is 2.34. The number of ether oxygens (including phenoxy) is 2. The van der Waals surface area contributed by atoms with Gasteiger partial charge in [-0.15, -0.1) is 0 Å². The summed E-state index contributed by atoms with van der Waals surface area (Å²) in [5.41, 5.74) is 2.69. The Labute approximate surface area is 195 Å². The summed E-state index contributed by atoms with van der Waals surface area (Å²) in [4.78, 5) is 25.3. The van der Waals surface area contributed by atoms with Crippen molar-refractivity contribution in [1.82, 2.24) is 24.8 Å². The predicted molar refractivity (Wildman–Crippen MR) is 128 cm³/mol. The number of aromatic nitrogens is 3. The van der Waals surface area contributed by atoms with E-state index in [4.69, 9.17) is 9.47 Å². The fourth-order valence-electron chi connectivity index (χ4n) is 4.63. The molecule has 9 heteroatoms. The molecule has 9 nitrogen and oxygen atoms in total. The Bertz CT molecular complexity index is 1020. The van der Waals surface area contributed by atoms with Crippen molar-refractivity contribution in [3.05, 3.63) is 30.4 Å². The molecule has 4 heterocycles. The molecule has 2 aromatic rings. The molecule has 1 amide bonds. The first-order valence-corrected chi connectivity index (χ1v) is 11.6. The number of nitrogens with one attached hydrogen (secondary N) is 1. The number of rotatable bonds is 4. The summed E-state index contributed by atoms with van der Waals surface area (Å²) in [6, 6.07) is 2.18. The highest BCUT2D eigenvalue weighted by molar-refractivity contribution is 5.77. The molecule has 0 radical (unpaired) electrons. The van der Waals surface area contributed by atoms with Gasteiger partial charge in [-0.3, -0.25) is 0 Å². The van der Waals surface area contributed by atoms with Crippen molar-refractivity contribution in [2.45, 2.75) is 51.4 Å². The minimum absolute atomic E-state index is 0.0563. The second-order valence-corrected chi connectivity index (χ2v) is 10.0. The lowest BCUT2D eigenvalue weighted by atomic mass is 9.89. The maximum Gasteiger partial charge on any atom is 0.410 e. The van der Waals surface area contributed by atoms with Crippen LogP contribution in [-0.2, 0) is 16.5 Å². The Morgan fingerprint density at radius 2 is 1.97 bits per heavy atom. The lowest BCUT2D eigenvalue weighted by molar-refractivity contribution is 0.0190. The summed E-state index contributed by atoms with van der Waals surface area (Å²) in [5, 5.41) is 3.64. The largest absolute Gasteiger partial charge is 0.444 e. The first-order chi connectivity index (χ1) is 15.7. The molecule has 0 aromatic carbocycles. The second kappa shape index (κ2) is 9.21. The molecule has 180 valence electrons. The summed E-state index contributed by atoms with van der Waals surface area (Å²) in [6.45, 7) is 7.87. The van der Waals surface area contributed by atoms with E-state index in [9.17, 15) is 4.79 Å². The first kappa shape index (κ1) is 23.4. The van der Waals surface area contributed by atoms with Gasteiger partial charge in [0.2, 0.25) is 0 Å². The lowest BCUT2D eigenvalue weighted by Crippen LogP contribution is -2.52. The Kier molecular flexibility index (Phi) is 6.52. The number of likely N-dealkylation sites (N-methyl/N-ethyl adjacent to an activating group) is 1. The number of amides is 1. The van der Waals surface area contributed by atoms with Gasteiger partial charge in [0, 0.05) is 58.5 Å². The smallest absolute Gasteiger partial charge is 0.410 e. The van der Waals surface area contributed by atoms with E-state index in [1.54, 1.807) is 13.4 Å². The van der Waals surface area contributed by atoms with Crippen LogP contribution in [0.2, 0.25) is 0 Å². The van der Waals surface area contributed by atoms with Gasteiger partial charge in [-0.2, -0.15) is 0 Å². The van der Waals surface area contributed by atoms with Crippen molar-refractivity contribution >= 4 is 22.9 Å². The number of aryl methyl sites for hydroxylation is 1. The van der Waals surface area contributed by atoms with Gasteiger partial charge in [0.1, 0.15) is 16.9 Å². The van der Waals surface area contributed by atoms with E-state index in [0.29, 0.717) is 19.0 Å². The van der Waals surface area contributed by atoms with Crippen LogP contribution >= 0.6 is 0 Å². The number of pyridine rings is 1. The van der Waals surface area contributed by atoms with E-state index >= 15 is 0 Å². The number of carbonyl (C=O) groups is 1. The summed E-state index contributed by atoms with van der Waals surface area (Å²) >= 11 is 0. The van der Waals surface area contributed by atoms with Gasteiger partial charge in [-0.05, 0) is 39.7 Å². The molecule has 2 aromatic heterocycles. The fraction of sp³-hybridized carbons (Fsp3) is 0.625. The van der Waals surface area contributed by atoms with Crippen molar-refractivity contribution in [1.29, 1.82) is 0 Å². The molecule has 4 rings (SSSR count). The van der Waals surface area contributed by atoms with Crippen LogP contribution in [0.1, 0.15) is 33.6 Å². The number of allylic oxidation sites excluding steroid dienone is 1. The number of hydrogen-bond donors (Lipinski definition) is 1. The van der Waals surface area contributed by atoms with Gasteiger partial charge in [-0.1, -0.05) is 0 Å². The average Bonchev–Trinajstić information content (AvgIpc) is 3.17. The molecule has 2 atom stereocenters. The minimum atomic E-state index is -0.468. The zero-order chi connectivity index (χ0) is 23.8. The average molecular weight is 457 g/mol. The number of imidazole rings is 1. The van der Waals surface area contributed by atoms with Crippen LogP contribution in [0.4, 0.5) is 10.6 Å². The highest BCUT2D eigenvalue weighted by atomic mass is 16.6. The lowest BCUT2D eigenvalue weighted by Gasteiger charge is -2.40. The number of likely N-dealkylation sites (tertiary alicyclic amines) is 1. The van der Waals surface area contributed by atoms with E-state index in [1.807, 2.05) is 43.5 Å². The van der Waals surface area contributed by atoms with Crippen LogP contribution in [0.25, 0.3) is 11.0 Å². The van der Waals surface area contributed by atoms with E-state index < -0.39 is 5.60 Å². The number of piperidine rings is 1. The maximum atomic E-state index is 12.4. The van der Waals surface area contributed by atoms with Gasteiger partial charge in [0.05, 0.1) is 30.2 Å². The molecule has 0 spiro atoms. The summed E-state index contributed by atoms with van der Waals surface area (Å²) in [7, 11) is 5.80. The number of methoxy groups -OCH3 is 1. The summed E-state index contributed by atoms with van der Waals surface area (Å²) < 4.78 is 13.4. The Hall–Kier alpha value is -2.81. The summed E-state index contributed by atoms with van der Waals surface area (Å²) in [6.07, 6.45) is 7.38. The van der Waals surface area contributed by atoms with Crippen LogP contribution in [0, 0.1) is 5.92 Å². The first-order valence-electron chi connectivity index (χ1n) is 11.6. The van der Waals surface area contributed by atoms with Crippen LogP contribution in [-0.4, -0.2) is 77.1 Å². The molecule has 2 aliphatic heterocycles. The monoisotopic (exact) mass is 456 g/mol. The quantitative estimate of drug-likeness (QED) is 0.757. The number of hydrogen-bond acceptors (Lipinski definition) is 7. The number of carbonyl (C=O) groups excluding carboxylic acids is 1. The predicted octanol–water partition coefficient (Wildman–Crippen LogP) is 2.92. The van der Waals surface area contributed by atoms with Gasteiger partial charge in [-0.25, -0.2) is 14.8 Å². The highest BCUT2D eigenvalue weighted by Crippen LogP contribution is 2.29. The molecule has 0 saturated carbocycles. The maximum absolute atomic E-state index is 12.4. The molecule has 1 unspecified atom stereocenters. The van der Waals surface area contributed by atoms with E-state index in [1.165, 1.54) is 5.70 Å². The molecule has 1 N–H and O–H groups in total. The third kappa shape index (κ3) is 5.08. The second-order valence-electron chi connectivity index (χ2n) is 10.0. The molecular formula is C24H36N6O3. The van der Waals surface area contributed by atoms with Crippen molar-refractivity contribution in [3.8, 4) is 0 Å². The number of anilines is 1. The molecule has 33 heavy (non-hydrogen) atoms. The van der Waals surface area contributed by atoms with Gasteiger partial charge in [0.25, 0.3) is 0 Å². The third-order valence-electron chi connectivity index (χ3n) is 6.55. The van der Waals surface area contributed by atoms with Crippen LogP contribution in [0.5, 0.6) is 0 Å². The summed E-state index contributed by atoms with van der Waals surface area (Å²) in [5.74, 6) is 1.28. The van der Waals surface area contributed by atoms with Gasteiger partial charge >= 0.3 is 6.09 Å². The number of fused-ring (bicyclic) bond motifs is 1. The Morgan fingerprint density at radius 1 is 1.24 bits per heavy atom. The molecule has 1 saturated heterocycles. The van der Waals surface area contributed by atoms with E-state index in [-0.39, 0.29) is 18.2 Å². The van der Waals surface area contributed by atoms with Crippen LogP contribution in [0.3, 0.4) is 0 Å². The van der Waals surface area contributed by atoms with Crippen molar-refractivity contribution < 1.29 is 14.3 Å². The van der Waals surface area contributed by atoms with Crippen molar-refractivity contribution in [3.63, 3.8) is 0 Å². The number of nitrogens with zero attached hydrogens (tertiary/aromatic N) is 5. The Morgan fingerprint density at radius 3 is 2.64 bits per heavy atom. The minimum Gasteiger partial charge on any atom is -0.444 e. The van der Waals surface area contributed by atoms with Crippen LogP contribution < -0.4 is 10.2 Å². The molecular weight excluding hydrogens is 420 g/mol. The third-order valence-corrected chi connectivity index (χ3v) is 6.55. The zero-order valence-corrected chi connectivity index (χ0v) is 20.5. The topological polar surface area (TPSA) is 84.8 Å². The SMILES string of the molecule is CO[C@H]1C=C(C2CCN(C(=O)OC(C)(C)C)CC2)NCC1N(C)c1cc2c(cn1)ncn2C. The van der Waals surface area contributed by atoms with Crippen molar-refractivity contribution in [2.24, 2.45) is 13.0 Å². The molecule has 1 fully saturated rings. The zero-order valence-electron chi connectivity index (χ0n) is 20.5. The normalized spacial score (nSPS) is 22.1. The van der Waals surface area contributed by atoms with Crippen molar-refractivity contribution in [2.75, 3.05) is 38.7 Å². The van der Waals surface area contributed by atoms with Crippen LogP contribution in [0.15, 0.2) is 30.4 Å². The molecule has 2 aliphatic rings.